The number of H-pyrrole nitrogens is 1. The van der Waals surface area contributed by atoms with Gasteiger partial charge in [-0.15, -0.1) is 0 Å². The van der Waals surface area contributed by atoms with Crippen molar-refractivity contribution in [3.63, 3.8) is 0 Å². The summed E-state index contributed by atoms with van der Waals surface area (Å²) in [7, 11) is 0. The fourth-order valence-electron chi connectivity index (χ4n) is 3.97. The first kappa shape index (κ1) is 17.4. The molecular formula is C22H18N4O3. The van der Waals surface area contributed by atoms with Crippen LogP contribution in [0.25, 0.3) is 22.5 Å². The Labute approximate surface area is 166 Å². The number of nitrogens with one attached hydrogen (secondary N) is 2. The van der Waals surface area contributed by atoms with Crippen molar-refractivity contribution >= 4 is 17.7 Å². The number of amides is 3. The lowest BCUT2D eigenvalue weighted by atomic mass is 10.0. The van der Waals surface area contributed by atoms with Gasteiger partial charge in [0, 0.05) is 24.1 Å². The predicted octanol–water partition coefficient (Wildman–Crippen LogP) is 2.50. The number of benzene rings is 2. The summed E-state index contributed by atoms with van der Waals surface area (Å²) in [6.07, 6.45) is 0.606. The smallest absolute Gasteiger partial charge is 0.255 e. The van der Waals surface area contributed by atoms with Gasteiger partial charge in [-0.05, 0) is 35.7 Å². The van der Waals surface area contributed by atoms with E-state index in [2.05, 4.69) is 15.5 Å². The average Bonchev–Trinajstić information content (AvgIpc) is 3.34. The van der Waals surface area contributed by atoms with Crippen LogP contribution in [0.15, 0.2) is 54.6 Å². The Kier molecular flexibility index (Phi) is 4.01. The molecule has 1 atom stereocenters. The number of carbonyl (C=O) groups is 3. The largest absolute Gasteiger partial charge is 0.322 e. The normalized spacial score (nSPS) is 18.7. The second kappa shape index (κ2) is 6.70. The highest BCUT2D eigenvalue weighted by molar-refractivity contribution is 6.05. The molecule has 0 bridgehead atoms. The van der Waals surface area contributed by atoms with Crippen LogP contribution in [0.1, 0.15) is 28.8 Å². The minimum atomic E-state index is -0.605. The average molecular weight is 386 g/mol. The lowest BCUT2D eigenvalue weighted by Gasteiger charge is -2.29. The fourth-order valence-corrected chi connectivity index (χ4v) is 3.97. The van der Waals surface area contributed by atoms with Crippen molar-refractivity contribution in [2.45, 2.75) is 25.4 Å². The van der Waals surface area contributed by atoms with Crippen LogP contribution in [0.5, 0.6) is 0 Å². The molecule has 2 aliphatic rings. The highest BCUT2D eigenvalue weighted by Crippen LogP contribution is 2.31. The molecule has 3 heterocycles. The van der Waals surface area contributed by atoms with Gasteiger partial charge in [0.05, 0.1) is 11.4 Å². The third kappa shape index (κ3) is 3.00. The van der Waals surface area contributed by atoms with Crippen LogP contribution in [0.2, 0.25) is 0 Å². The summed E-state index contributed by atoms with van der Waals surface area (Å²) in [5.74, 6) is -0.860. The van der Waals surface area contributed by atoms with Gasteiger partial charge in [-0.25, -0.2) is 0 Å². The zero-order valence-corrected chi connectivity index (χ0v) is 15.5. The van der Waals surface area contributed by atoms with Gasteiger partial charge in [-0.2, -0.15) is 5.10 Å². The lowest BCUT2D eigenvalue weighted by Crippen LogP contribution is -2.52. The number of carbonyl (C=O) groups excluding carboxylic acids is 3. The Balaban J connectivity index is 1.41. The van der Waals surface area contributed by atoms with Crippen LogP contribution in [0, 0.1) is 0 Å². The van der Waals surface area contributed by atoms with E-state index in [1.54, 1.807) is 11.0 Å². The van der Waals surface area contributed by atoms with Gasteiger partial charge < -0.3 is 4.90 Å². The number of imide groups is 1. The molecule has 0 radical (unpaired) electrons. The third-order valence-corrected chi connectivity index (χ3v) is 5.48. The van der Waals surface area contributed by atoms with Crippen molar-refractivity contribution in [1.29, 1.82) is 0 Å². The molecule has 2 aromatic carbocycles. The first-order valence-corrected chi connectivity index (χ1v) is 9.49. The van der Waals surface area contributed by atoms with Crippen molar-refractivity contribution < 1.29 is 14.4 Å². The number of hydrogen-bond acceptors (Lipinski definition) is 4. The number of hydrogen-bond donors (Lipinski definition) is 2. The summed E-state index contributed by atoms with van der Waals surface area (Å²) < 4.78 is 0. The second-order valence-electron chi connectivity index (χ2n) is 7.30. The van der Waals surface area contributed by atoms with Crippen molar-refractivity contribution in [3.05, 3.63) is 65.7 Å². The molecular weight excluding hydrogens is 368 g/mol. The monoisotopic (exact) mass is 386 g/mol. The summed E-state index contributed by atoms with van der Waals surface area (Å²) in [5, 5.41) is 9.79. The molecule has 3 aromatic rings. The van der Waals surface area contributed by atoms with E-state index < -0.39 is 11.9 Å². The molecule has 144 valence electrons. The first-order chi connectivity index (χ1) is 14.1. The molecule has 0 aliphatic carbocycles. The van der Waals surface area contributed by atoms with Gasteiger partial charge in [0.15, 0.2) is 0 Å². The van der Waals surface area contributed by atoms with Gasteiger partial charge in [0.2, 0.25) is 11.8 Å². The summed E-state index contributed by atoms with van der Waals surface area (Å²) in [6.45, 7) is 0.351. The number of fused-ring (bicyclic) bond motifs is 1. The molecule has 2 aliphatic heterocycles. The highest BCUT2D eigenvalue weighted by Gasteiger charge is 2.39. The zero-order valence-electron chi connectivity index (χ0n) is 15.5. The number of aromatic nitrogens is 2. The maximum atomic E-state index is 12.8. The van der Waals surface area contributed by atoms with Crippen LogP contribution in [0.3, 0.4) is 0 Å². The van der Waals surface area contributed by atoms with E-state index >= 15 is 0 Å². The summed E-state index contributed by atoms with van der Waals surface area (Å²) in [4.78, 5) is 37.9. The van der Waals surface area contributed by atoms with Crippen LogP contribution in [0.4, 0.5) is 0 Å². The van der Waals surface area contributed by atoms with Crippen molar-refractivity contribution in [2.24, 2.45) is 0 Å². The maximum absolute atomic E-state index is 12.8. The Morgan fingerprint density at radius 1 is 0.966 bits per heavy atom. The molecule has 1 unspecified atom stereocenters. The minimum absolute atomic E-state index is 0.173. The minimum Gasteiger partial charge on any atom is -0.322 e. The Morgan fingerprint density at radius 3 is 2.59 bits per heavy atom. The Morgan fingerprint density at radius 2 is 1.79 bits per heavy atom. The molecule has 29 heavy (non-hydrogen) atoms. The van der Waals surface area contributed by atoms with E-state index in [-0.39, 0.29) is 18.2 Å². The summed E-state index contributed by atoms with van der Waals surface area (Å²) >= 11 is 0. The van der Waals surface area contributed by atoms with E-state index in [0.717, 1.165) is 28.1 Å². The number of rotatable bonds is 3. The Bertz CT molecular complexity index is 1140. The van der Waals surface area contributed by atoms with Crippen molar-refractivity contribution in [3.8, 4) is 22.5 Å². The first-order valence-electron chi connectivity index (χ1n) is 9.49. The molecule has 3 amide bonds. The van der Waals surface area contributed by atoms with E-state index in [0.29, 0.717) is 18.5 Å². The van der Waals surface area contributed by atoms with Gasteiger partial charge in [0.25, 0.3) is 5.91 Å². The molecule has 1 saturated heterocycles. The summed E-state index contributed by atoms with van der Waals surface area (Å²) in [5.41, 5.74) is 5.12. The quantitative estimate of drug-likeness (QED) is 0.676. The molecule has 2 N–H and O–H groups in total. The maximum Gasteiger partial charge on any atom is 0.255 e. The fraction of sp³-hybridized carbons (Fsp3) is 0.182. The standard InChI is InChI=1S/C22H18N4O3/c27-20-9-8-19(21(28)23-20)26-12-15-10-14(6-7-16(15)22(26)29)18-11-17(24-25-18)13-4-2-1-3-5-13/h1-7,10-11,19H,8-9,12H2,(H,24,25)(H,23,27,28). The van der Waals surface area contributed by atoms with Crippen molar-refractivity contribution in [2.75, 3.05) is 0 Å². The number of aromatic amines is 1. The van der Waals surface area contributed by atoms with Crippen LogP contribution in [-0.2, 0) is 16.1 Å². The summed E-state index contributed by atoms with van der Waals surface area (Å²) in [6, 6.07) is 16.9. The van der Waals surface area contributed by atoms with Crippen LogP contribution >= 0.6 is 0 Å². The lowest BCUT2D eigenvalue weighted by molar-refractivity contribution is -0.136. The number of piperidine rings is 1. The number of nitrogens with zero attached hydrogens (tertiary/aromatic N) is 2. The molecule has 7 nitrogen and oxygen atoms in total. The van der Waals surface area contributed by atoms with E-state index in [1.165, 1.54) is 0 Å². The highest BCUT2D eigenvalue weighted by atomic mass is 16.2. The SMILES string of the molecule is O=C1CCC(N2Cc3cc(-c4cc(-c5ccccc5)[nH]n4)ccc3C2=O)C(=O)N1. The van der Waals surface area contributed by atoms with E-state index in [4.69, 9.17) is 0 Å². The molecule has 0 spiro atoms. The predicted molar refractivity (Wildman–Crippen MR) is 106 cm³/mol. The molecule has 1 aromatic heterocycles. The molecule has 7 heteroatoms. The Hall–Kier alpha value is -3.74. The van der Waals surface area contributed by atoms with Gasteiger partial charge in [-0.1, -0.05) is 36.4 Å². The topological polar surface area (TPSA) is 95.2 Å². The van der Waals surface area contributed by atoms with E-state index in [1.807, 2.05) is 48.5 Å². The molecule has 1 fully saturated rings. The van der Waals surface area contributed by atoms with Crippen LogP contribution in [-0.4, -0.2) is 38.9 Å². The van der Waals surface area contributed by atoms with Gasteiger partial charge >= 0.3 is 0 Å². The van der Waals surface area contributed by atoms with Gasteiger partial charge in [0.1, 0.15) is 6.04 Å². The zero-order chi connectivity index (χ0) is 20.0. The van der Waals surface area contributed by atoms with E-state index in [9.17, 15) is 14.4 Å². The molecule has 0 saturated carbocycles. The third-order valence-electron chi connectivity index (χ3n) is 5.48. The van der Waals surface area contributed by atoms with Crippen LogP contribution < -0.4 is 5.32 Å². The molecule has 5 rings (SSSR count). The van der Waals surface area contributed by atoms with Gasteiger partial charge in [-0.3, -0.25) is 24.8 Å². The van der Waals surface area contributed by atoms with Crippen molar-refractivity contribution in [1.82, 2.24) is 20.4 Å². The second-order valence-corrected chi connectivity index (χ2v) is 7.30.